The molecule has 2 aromatic carbocycles. The molecule has 0 bridgehead atoms. The Kier molecular flexibility index (Phi) is 9.73. The van der Waals surface area contributed by atoms with Crippen molar-refractivity contribution in [3.63, 3.8) is 0 Å². The molecule has 1 heterocycles. The highest BCUT2D eigenvalue weighted by Crippen LogP contribution is 2.21. The van der Waals surface area contributed by atoms with E-state index in [1.54, 1.807) is 38.1 Å². The third kappa shape index (κ3) is 7.47. The van der Waals surface area contributed by atoms with E-state index in [2.05, 4.69) is 5.32 Å². The summed E-state index contributed by atoms with van der Waals surface area (Å²) in [6.45, 7) is 4.06. The average Bonchev–Trinajstić information content (AvgIpc) is 3.35. The van der Waals surface area contributed by atoms with Crippen LogP contribution in [-0.4, -0.2) is 52.5 Å². The monoisotopic (exact) mass is 535 g/mol. The number of hydrogen-bond acceptors (Lipinski definition) is 5. The largest absolute Gasteiger partial charge is 0.478 e. The number of benzene rings is 2. The van der Waals surface area contributed by atoms with Crippen LogP contribution in [0.5, 0.6) is 5.75 Å². The van der Waals surface area contributed by atoms with E-state index in [0.717, 1.165) is 11.6 Å². The number of carbonyl (C=O) groups excluding carboxylic acids is 2. The summed E-state index contributed by atoms with van der Waals surface area (Å²) < 4.78 is 46.0. The Morgan fingerprint density at radius 3 is 2.39 bits per heavy atom. The highest BCUT2D eigenvalue weighted by atomic mass is 19.2. The number of carbonyl (C=O) groups is 3. The fourth-order valence-corrected chi connectivity index (χ4v) is 4.37. The van der Waals surface area contributed by atoms with Crippen LogP contribution in [0, 0.1) is 23.4 Å². The molecule has 206 valence electrons. The minimum absolute atomic E-state index is 0.126. The van der Waals surface area contributed by atoms with Gasteiger partial charge >= 0.3 is 5.97 Å². The second kappa shape index (κ2) is 12.8. The molecule has 0 aromatic heterocycles. The van der Waals surface area contributed by atoms with Crippen molar-refractivity contribution in [2.75, 3.05) is 6.54 Å². The Balaban J connectivity index is 1.52. The van der Waals surface area contributed by atoms with Gasteiger partial charge in [-0.2, -0.15) is 0 Å². The molecule has 3 rings (SSSR count). The highest BCUT2D eigenvalue weighted by Gasteiger charge is 2.34. The van der Waals surface area contributed by atoms with E-state index < -0.39 is 41.6 Å². The van der Waals surface area contributed by atoms with Crippen molar-refractivity contribution >= 4 is 17.8 Å². The van der Waals surface area contributed by atoms with Crippen molar-refractivity contribution in [1.29, 1.82) is 0 Å². The molecule has 0 aliphatic carbocycles. The van der Waals surface area contributed by atoms with Gasteiger partial charge < -0.3 is 25.8 Å². The number of amides is 2. The normalized spacial score (nSPS) is 16.8. The van der Waals surface area contributed by atoms with Gasteiger partial charge in [0.25, 0.3) is 0 Å². The van der Waals surface area contributed by atoms with Crippen molar-refractivity contribution in [2.45, 2.75) is 64.3 Å². The summed E-state index contributed by atoms with van der Waals surface area (Å²) in [7, 11) is 0. The molecule has 4 N–H and O–H groups in total. The molecule has 2 aromatic rings. The summed E-state index contributed by atoms with van der Waals surface area (Å²) in [5.74, 6) is -5.02. The number of rotatable bonds is 11. The lowest BCUT2D eigenvalue weighted by atomic mass is 10.0. The van der Waals surface area contributed by atoms with Crippen molar-refractivity contribution in [3.8, 4) is 5.75 Å². The number of aliphatic carboxylic acids is 1. The topological polar surface area (TPSA) is 122 Å². The Labute approximate surface area is 218 Å². The van der Waals surface area contributed by atoms with Crippen LogP contribution in [0.4, 0.5) is 13.2 Å². The van der Waals surface area contributed by atoms with E-state index >= 15 is 0 Å². The van der Waals surface area contributed by atoms with Gasteiger partial charge in [-0.3, -0.25) is 9.59 Å². The molecule has 0 radical (unpaired) electrons. The van der Waals surface area contributed by atoms with Crippen molar-refractivity contribution in [2.24, 2.45) is 11.7 Å². The molecule has 1 saturated heterocycles. The predicted molar refractivity (Wildman–Crippen MR) is 133 cm³/mol. The Hall–Kier alpha value is -3.60. The molecule has 1 aliphatic rings. The van der Waals surface area contributed by atoms with E-state index in [1.807, 2.05) is 0 Å². The summed E-state index contributed by atoms with van der Waals surface area (Å²) in [6.07, 6.45) is -0.219. The lowest BCUT2D eigenvalue weighted by Gasteiger charge is -2.25. The Morgan fingerprint density at radius 2 is 1.76 bits per heavy atom. The van der Waals surface area contributed by atoms with Crippen molar-refractivity contribution in [3.05, 3.63) is 65.0 Å². The first-order valence-electron chi connectivity index (χ1n) is 12.4. The minimum atomic E-state index is -1.30. The van der Waals surface area contributed by atoms with E-state index in [0.29, 0.717) is 31.2 Å². The first-order valence-corrected chi connectivity index (χ1v) is 12.4. The second-order valence-corrected chi connectivity index (χ2v) is 9.75. The summed E-state index contributed by atoms with van der Waals surface area (Å²) in [5, 5.41) is 12.1. The molecular formula is C27H32F3N3O5. The number of nitrogens with one attached hydrogen (secondary N) is 1. The smallest absolute Gasteiger partial charge is 0.345 e. The maximum absolute atomic E-state index is 13.9. The van der Waals surface area contributed by atoms with Crippen LogP contribution in [0.15, 0.2) is 36.4 Å². The third-order valence-corrected chi connectivity index (χ3v) is 6.39. The maximum Gasteiger partial charge on any atom is 0.345 e. The molecule has 1 fully saturated rings. The minimum Gasteiger partial charge on any atom is -0.478 e. The lowest BCUT2D eigenvalue weighted by molar-refractivity contribution is -0.147. The lowest BCUT2D eigenvalue weighted by Crippen LogP contribution is -2.47. The van der Waals surface area contributed by atoms with E-state index in [1.165, 1.54) is 4.90 Å². The molecule has 2 amide bonds. The van der Waals surface area contributed by atoms with Gasteiger partial charge in [-0.1, -0.05) is 26.0 Å². The third-order valence-electron chi connectivity index (χ3n) is 6.39. The van der Waals surface area contributed by atoms with Crippen LogP contribution in [-0.2, 0) is 27.3 Å². The van der Waals surface area contributed by atoms with Gasteiger partial charge in [-0.15, -0.1) is 0 Å². The summed E-state index contributed by atoms with van der Waals surface area (Å²) in [6, 6.07) is 6.33. The van der Waals surface area contributed by atoms with Crippen LogP contribution < -0.4 is 15.8 Å². The number of carboxylic acid groups (broad SMARTS) is 1. The van der Waals surface area contributed by atoms with Gasteiger partial charge in [0.1, 0.15) is 17.6 Å². The molecule has 1 aliphatic heterocycles. The fourth-order valence-electron chi connectivity index (χ4n) is 4.37. The van der Waals surface area contributed by atoms with Crippen LogP contribution >= 0.6 is 0 Å². The van der Waals surface area contributed by atoms with E-state index in [-0.39, 0.29) is 42.7 Å². The SMILES string of the molecule is CC(C)[C@H](Oc1ccc(CNC(=O)[C@@H]2CCCN2C(=O)C[C@H](N)Cc2cc(F)c(F)cc2F)cc1)C(=O)O. The van der Waals surface area contributed by atoms with Crippen LogP contribution in [0.25, 0.3) is 0 Å². The van der Waals surface area contributed by atoms with Gasteiger partial charge in [-0.05, 0) is 48.6 Å². The molecule has 0 spiro atoms. The summed E-state index contributed by atoms with van der Waals surface area (Å²) in [5.41, 5.74) is 6.62. The predicted octanol–water partition coefficient (Wildman–Crippen LogP) is 3.16. The summed E-state index contributed by atoms with van der Waals surface area (Å²) >= 11 is 0. The molecule has 11 heteroatoms. The number of hydrogen-bond donors (Lipinski definition) is 3. The molecule has 38 heavy (non-hydrogen) atoms. The quantitative estimate of drug-likeness (QED) is 0.380. The van der Waals surface area contributed by atoms with Crippen LogP contribution in [0.1, 0.15) is 44.2 Å². The molecule has 8 nitrogen and oxygen atoms in total. The van der Waals surface area contributed by atoms with Gasteiger partial charge in [0.05, 0.1) is 0 Å². The zero-order valence-electron chi connectivity index (χ0n) is 21.3. The molecular weight excluding hydrogens is 503 g/mol. The summed E-state index contributed by atoms with van der Waals surface area (Å²) in [4.78, 5) is 38.4. The van der Waals surface area contributed by atoms with Crippen molar-refractivity contribution in [1.82, 2.24) is 10.2 Å². The van der Waals surface area contributed by atoms with Gasteiger partial charge in [0, 0.05) is 37.5 Å². The first kappa shape index (κ1) is 29.0. The highest BCUT2D eigenvalue weighted by molar-refractivity contribution is 5.88. The average molecular weight is 536 g/mol. The number of likely N-dealkylation sites (tertiary alicyclic amines) is 1. The van der Waals surface area contributed by atoms with Gasteiger partial charge in [0.15, 0.2) is 17.7 Å². The van der Waals surface area contributed by atoms with Crippen molar-refractivity contribution < 1.29 is 37.4 Å². The van der Waals surface area contributed by atoms with E-state index in [9.17, 15) is 32.7 Å². The van der Waals surface area contributed by atoms with Crippen LogP contribution in [0.2, 0.25) is 0 Å². The Bertz CT molecular complexity index is 1160. The Morgan fingerprint density at radius 1 is 1.11 bits per heavy atom. The molecule has 3 atom stereocenters. The number of carboxylic acids is 1. The second-order valence-electron chi connectivity index (χ2n) is 9.75. The van der Waals surface area contributed by atoms with Gasteiger partial charge in [0.2, 0.25) is 11.8 Å². The fraction of sp³-hybridized carbons (Fsp3) is 0.444. The first-order chi connectivity index (χ1) is 18.0. The van der Waals surface area contributed by atoms with Gasteiger partial charge in [-0.25, -0.2) is 18.0 Å². The zero-order chi connectivity index (χ0) is 28.0. The van der Waals surface area contributed by atoms with Crippen LogP contribution in [0.3, 0.4) is 0 Å². The number of nitrogens with two attached hydrogens (primary N) is 1. The number of halogens is 3. The van der Waals surface area contributed by atoms with E-state index in [4.69, 9.17) is 10.5 Å². The molecule has 0 unspecified atom stereocenters. The molecule has 0 saturated carbocycles. The maximum atomic E-state index is 13.9. The standard InChI is InChI=1S/C27H32F3N3O5/c1-15(2)25(27(36)37)38-19-7-5-16(6-8-19)14-32-26(35)23-4-3-9-33(23)24(34)12-18(31)10-17-11-21(29)22(30)13-20(17)28/h5-8,11,13,15,18,23,25H,3-4,9-10,12,14,31H2,1-2H3,(H,32,35)(H,36,37)/t18-,23+,25+/m1/s1. The zero-order valence-corrected chi connectivity index (χ0v) is 21.3. The number of ether oxygens (including phenoxy) is 1. The number of nitrogens with zero attached hydrogens (tertiary/aromatic N) is 1.